The van der Waals surface area contributed by atoms with Gasteiger partial charge in [0.2, 0.25) is 0 Å². The van der Waals surface area contributed by atoms with E-state index >= 15 is 0 Å². The zero-order valence-electron chi connectivity index (χ0n) is 10.2. The van der Waals surface area contributed by atoms with Crippen molar-refractivity contribution in [1.29, 1.82) is 0 Å². The maximum absolute atomic E-state index is 13.1. The Balaban J connectivity index is 2.34. The standard InChI is InChI=1S/C14H7ClF4O2/c15-8-1-4-10(5-2-8)21-13(20)11-7-9(16)3-6-12(11)14(17,18)19/h1-7H. The highest BCUT2D eigenvalue weighted by molar-refractivity contribution is 6.30. The minimum absolute atomic E-state index is 0.00165. The number of esters is 1. The first-order valence-electron chi connectivity index (χ1n) is 5.62. The molecule has 0 aromatic heterocycles. The van der Waals surface area contributed by atoms with Gasteiger partial charge in [-0.2, -0.15) is 13.2 Å². The maximum Gasteiger partial charge on any atom is 0.417 e. The Morgan fingerprint density at radius 2 is 1.67 bits per heavy atom. The molecule has 2 aromatic carbocycles. The van der Waals surface area contributed by atoms with E-state index in [2.05, 4.69) is 0 Å². The average molecular weight is 319 g/mol. The van der Waals surface area contributed by atoms with Gasteiger partial charge in [-0.3, -0.25) is 0 Å². The van der Waals surface area contributed by atoms with Crippen LogP contribution in [0.5, 0.6) is 5.75 Å². The molecule has 0 bridgehead atoms. The van der Waals surface area contributed by atoms with E-state index in [0.29, 0.717) is 23.2 Å². The average Bonchev–Trinajstić information content (AvgIpc) is 2.40. The molecule has 2 aromatic rings. The molecule has 0 aliphatic heterocycles. The lowest BCUT2D eigenvalue weighted by molar-refractivity contribution is -0.138. The summed E-state index contributed by atoms with van der Waals surface area (Å²) >= 11 is 5.63. The molecule has 0 amide bonds. The van der Waals surface area contributed by atoms with Gasteiger partial charge in [0.05, 0.1) is 11.1 Å². The Morgan fingerprint density at radius 1 is 1.05 bits per heavy atom. The highest BCUT2D eigenvalue weighted by atomic mass is 35.5. The second-order valence-corrected chi connectivity index (χ2v) is 4.47. The number of hydrogen-bond donors (Lipinski definition) is 0. The van der Waals surface area contributed by atoms with E-state index in [4.69, 9.17) is 16.3 Å². The lowest BCUT2D eigenvalue weighted by Gasteiger charge is -2.12. The first-order valence-corrected chi connectivity index (χ1v) is 5.99. The second-order valence-electron chi connectivity index (χ2n) is 4.03. The number of carbonyl (C=O) groups is 1. The van der Waals surface area contributed by atoms with E-state index in [0.717, 1.165) is 0 Å². The summed E-state index contributed by atoms with van der Waals surface area (Å²) in [5, 5.41) is 0.372. The summed E-state index contributed by atoms with van der Waals surface area (Å²) < 4.78 is 56.2. The van der Waals surface area contributed by atoms with Crippen molar-refractivity contribution in [2.45, 2.75) is 6.18 Å². The summed E-state index contributed by atoms with van der Waals surface area (Å²) in [4.78, 5) is 11.8. The predicted molar refractivity (Wildman–Crippen MR) is 67.8 cm³/mol. The van der Waals surface area contributed by atoms with Gasteiger partial charge in [-0.25, -0.2) is 9.18 Å². The molecule has 0 aliphatic rings. The molecule has 0 radical (unpaired) electrons. The van der Waals surface area contributed by atoms with Crippen LogP contribution in [0.15, 0.2) is 42.5 Å². The van der Waals surface area contributed by atoms with Crippen LogP contribution >= 0.6 is 11.6 Å². The van der Waals surface area contributed by atoms with Crippen LogP contribution in [0.2, 0.25) is 5.02 Å². The number of rotatable bonds is 2. The number of carbonyl (C=O) groups excluding carboxylic acids is 1. The topological polar surface area (TPSA) is 26.3 Å². The third kappa shape index (κ3) is 3.72. The van der Waals surface area contributed by atoms with Crippen LogP contribution in [0, 0.1) is 5.82 Å². The third-order valence-electron chi connectivity index (χ3n) is 2.53. The fourth-order valence-corrected chi connectivity index (χ4v) is 1.72. The molecule has 0 atom stereocenters. The lowest BCUT2D eigenvalue weighted by atomic mass is 10.1. The van der Waals surface area contributed by atoms with Gasteiger partial charge in [0.1, 0.15) is 11.6 Å². The summed E-state index contributed by atoms with van der Waals surface area (Å²) in [6.07, 6.45) is -4.79. The van der Waals surface area contributed by atoms with Gasteiger partial charge in [-0.1, -0.05) is 11.6 Å². The van der Waals surface area contributed by atoms with Crippen molar-refractivity contribution in [3.63, 3.8) is 0 Å². The molecule has 0 unspecified atom stereocenters. The summed E-state index contributed by atoms with van der Waals surface area (Å²) in [5.41, 5.74) is -2.15. The van der Waals surface area contributed by atoms with Crippen LogP contribution in [-0.2, 0) is 6.18 Å². The number of hydrogen-bond acceptors (Lipinski definition) is 2. The Kier molecular flexibility index (Phi) is 4.18. The highest BCUT2D eigenvalue weighted by Crippen LogP contribution is 2.33. The van der Waals surface area contributed by atoms with Gasteiger partial charge in [0.15, 0.2) is 0 Å². The van der Waals surface area contributed by atoms with E-state index < -0.39 is 29.1 Å². The first-order chi connectivity index (χ1) is 9.77. The fourth-order valence-electron chi connectivity index (χ4n) is 1.60. The molecule has 0 N–H and O–H groups in total. The second kappa shape index (κ2) is 5.73. The normalized spacial score (nSPS) is 11.3. The van der Waals surface area contributed by atoms with Crippen molar-refractivity contribution in [2.24, 2.45) is 0 Å². The fraction of sp³-hybridized carbons (Fsp3) is 0.0714. The van der Waals surface area contributed by atoms with Crippen molar-refractivity contribution in [2.75, 3.05) is 0 Å². The zero-order valence-corrected chi connectivity index (χ0v) is 11.0. The largest absolute Gasteiger partial charge is 0.423 e. The lowest BCUT2D eigenvalue weighted by Crippen LogP contribution is -2.17. The van der Waals surface area contributed by atoms with E-state index in [1.807, 2.05) is 0 Å². The van der Waals surface area contributed by atoms with Gasteiger partial charge in [0.25, 0.3) is 0 Å². The summed E-state index contributed by atoms with van der Waals surface area (Å²) in [7, 11) is 0. The monoisotopic (exact) mass is 318 g/mol. The summed E-state index contributed by atoms with van der Waals surface area (Å²) in [6.45, 7) is 0. The zero-order chi connectivity index (χ0) is 15.6. The smallest absolute Gasteiger partial charge is 0.417 e. The number of benzene rings is 2. The third-order valence-corrected chi connectivity index (χ3v) is 2.78. The van der Waals surface area contributed by atoms with Gasteiger partial charge >= 0.3 is 12.1 Å². The van der Waals surface area contributed by atoms with Gasteiger partial charge < -0.3 is 4.74 Å². The van der Waals surface area contributed by atoms with Crippen molar-refractivity contribution in [3.8, 4) is 5.75 Å². The van der Waals surface area contributed by atoms with E-state index in [9.17, 15) is 22.4 Å². The molecule has 7 heteroatoms. The Hall–Kier alpha value is -2.08. The Labute approximate surface area is 121 Å². The van der Waals surface area contributed by atoms with Crippen LogP contribution < -0.4 is 4.74 Å². The summed E-state index contributed by atoms with van der Waals surface area (Å²) in [5.74, 6) is -2.27. The molecular weight excluding hydrogens is 312 g/mol. The van der Waals surface area contributed by atoms with Gasteiger partial charge in [-0.05, 0) is 42.5 Å². The van der Waals surface area contributed by atoms with Crippen LogP contribution in [0.3, 0.4) is 0 Å². The van der Waals surface area contributed by atoms with Crippen LogP contribution in [-0.4, -0.2) is 5.97 Å². The summed E-state index contributed by atoms with van der Waals surface area (Å²) in [6, 6.07) is 7.04. The quantitative estimate of drug-likeness (QED) is 0.455. The molecule has 0 saturated carbocycles. The maximum atomic E-state index is 13.1. The molecular formula is C14H7ClF4O2. The highest BCUT2D eigenvalue weighted by Gasteiger charge is 2.36. The van der Waals surface area contributed by atoms with Crippen molar-refractivity contribution in [3.05, 3.63) is 64.4 Å². The number of halogens is 5. The van der Waals surface area contributed by atoms with Crippen LogP contribution in [0.25, 0.3) is 0 Å². The van der Waals surface area contributed by atoms with Crippen molar-refractivity contribution < 1.29 is 27.1 Å². The molecule has 2 rings (SSSR count). The minimum Gasteiger partial charge on any atom is -0.423 e. The molecule has 21 heavy (non-hydrogen) atoms. The molecule has 2 nitrogen and oxygen atoms in total. The van der Waals surface area contributed by atoms with E-state index in [-0.39, 0.29) is 5.75 Å². The van der Waals surface area contributed by atoms with Crippen LogP contribution in [0.1, 0.15) is 15.9 Å². The number of alkyl halides is 3. The van der Waals surface area contributed by atoms with E-state index in [1.165, 1.54) is 24.3 Å². The SMILES string of the molecule is O=C(Oc1ccc(Cl)cc1)c1cc(F)ccc1C(F)(F)F. The molecule has 0 spiro atoms. The molecule has 110 valence electrons. The van der Waals surface area contributed by atoms with E-state index in [1.54, 1.807) is 0 Å². The Bertz CT molecular complexity index is 666. The Morgan fingerprint density at radius 3 is 2.24 bits per heavy atom. The number of ether oxygens (including phenoxy) is 1. The predicted octanol–water partition coefficient (Wildman–Crippen LogP) is 4.72. The minimum atomic E-state index is -4.79. The molecule has 0 heterocycles. The van der Waals surface area contributed by atoms with Gasteiger partial charge in [0, 0.05) is 5.02 Å². The van der Waals surface area contributed by atoms with Crippen molar-refractivity contribution >= 4 is 17.6 Å². The van der Waals surface area contributed by atoms with Crippen LogP contribution in [0.4, 0.5) is 17.6 Å². The molecule has 0 saturated heterocycles. The van der Waals surface area contributed by atoms with Gasteiger partial charge in [-0.15, -0.1) is 0 Å². The first kappa shape index (κ1) is 15.3. The molecule has 0 fully saturated rings. The van der Waals surface area contributed by atoms with Crippen molar-refractivity contribution in [1.82, 2.24) is 0 Å². The molecule has 0 aliphatic carbocycles.